The zero-order chi connectivity index (χ0) is 17.5. The molecule has 0 spiro atoms. The SMILES string of the molecule is Cc1ccccc1NC(=O)/C(C#N)=C\NC(=O)c1ccc(N)cc1. The van der Waals surface area contributed by atoms with Gasteiger partial charge in [-0.15, -0.1) is 0 Å². The number of nitrogen functional groups attached to an aromatic ring is 1. The number of nitrogens with zero attached hydrogens (tertiary/aromatic N) is 1. The van der Waals surface area contributed by atoms with Gasteiger partial charge in [-0.3, -0.25) is 9.59 Å². The molecule has 0 aromatic heterocycles. The van der Waals surface area contributed by atoms with Crippen LogP contribution in [0.25, 0.3) is 0 Å². The highest BCUT2D eigenvalue weighted by Gasteiger charge is 2.11. The molecular formula is C18H16N4O2. The summed E-state index contributed by atoms with van der Waals surface area (Å²) in [5.41, 5.74) is 7.74. The van der Waals surface area contributed by atoms with Gasteiger partial charge in [0, 0.05) is 23.1 Å². The number of nitrogens with two attached hydrogens (primary N) is 1. The smallest absolute Gasteiger partial charge is 0.267 e. The average molecular weight is 320 g/mol. The van der Waals surface area contributed by atoms with Gasteiger partial charge in [0.1, 0.15) is 11.6 Å². The molecule has 2 rings (SSSR count). The lowest BCUT2D eigenvalue weighted by atomic mass is 10.2. The van der Waals surface area contributed by atoms with Crippen LogP contribution in [0, 0.1) is 18.3 Å². The molecule has 0 heterocycles. The van der Waals surface area contributed by atoms with Crippen LogP contribution in [-0.4, -0.2) is 11.8 Å². The van der Waals surface area contributed by atoms with E-state index in [2.05, 4.69) is 10.6 Å². The fourth-order valence-electron chi connectivity index (χ4n) is 1.91. The fourth-order valence-corrected chi connectivity index (χ4v) is 1.91. The zero-order valence-electron chi connectivity index (χ0n) is 13.0. The van der Waals surface area contributed by atoms with E-state index < -0.39 is 11.8 Å². The number of amides is 2. The minimum Gasteiger partial charge on any atom is -0.399 e. The predicted octanol–water partition coefficient (Wildman–Crippen LogP) is 2.35. The van der Waals surface area contributed by atoms with Crippen molar-refractivity contribution in [2.45, 2.75) is 6.92 Å². The topological polar surface area (TPSA) is 108 Å². The Bertz CT molecular complexity index is 833. The number of para-hydroxylation sites is 1. The molecular weight excluding hydrogens is 304 g/mol. The zero-order valence-corrected chi connectivity index (χ0v) is 13.0. The van der Waals surface area contributed by atoms with E-state index in [-0.39, 0.29) is 5.57 Å². The van der Waals surface area contributed by atoms with Gasteiger partial charge in [-0.1, -0.05) is 18.2 Å². The second-order valence-electron chi connectivity index (χ2n) is 5.03. The number of rotatable bonds is 4. The van der Waals surface area contributed by atoms with Gasteiger partial charge in [-0.25, -0.2) is 0 Å². The molecule has 0 aliphatic rings. The van der Waals surface area contributed by atoms with Crippen molar-refractivity contribution in [3.63, 3.8) is 0 Å². The number of aryl methyl sites for hydroxylation is 1. The molecule has 0 aliphatic carbocycles. The monoisotopic (exact) mass is 320 g/mol. The highest BCUT2D eigenvalue weighted by Crippen LogP contribution is 2.14. The molecule has 2 aromatic rings. The molecule has 2 amide bonds. The first kappa shape index (κ1) is 16.8. The summed E-state index contributed by atoms with van der Waals surface area (Å²) in [6.07, 6.45) is 1.09. The van der Waals surface area contributed by atoms with E-state index in [1.165, 1.54) is 0 Å². The van der Waals surface area contributed by atoms with Gasteiger partial charge >= 0.3 is 0 Å². The lowest BCUT2D eigenvalue weighted by Gasteiger charge is -2.07. The fraction of sp³-hybridized carbons (Fsp3) is 0.0556. The van der Waals surface area contributed by atoms with Gasteiger partial charge < -0.3 is 16.4 Å². The minimum absolute atomic E-state index is 0.206. The molecule has 0 radical (unpaired) electrons. The number of benzene rings is 2. The summed E-state index contributed by atoms with van der Waals surface area (Å²) in [6, 6.07) is 15.3. The van der Waals surface area contributed by atoms with Gasteiger partial charge in [-0.05, 0) is 42.8 Å². The largest absolute Gasteiger partial charge is 0.399 e. The van der Waals surface area contributed by atoms with E-state index in [1.54, 1.807) is 42.5 Å². The molecule has 0 saturated heterocycles. The van der Waals surface area contributed by atoms with Crippen molar-refractivity contribution in [3.05, 3.63) is 71.4 Å². The van der Waals surface area contributed by atoms with E-state index in [0.717, 1.165) is 11.8 Å². The van der Waals surface area contributed by atoms with Gasteiger partial charge in [0.05, 0.1) is 0 Å². The summed E-state index contributed by atoms with van der Waals surface area (Å²) in [5.74, 6) is -1.03. The van der Waals surface area contributed by atoms with Crippen LogP contribution in [0.1, 0.15) is 15.9 Å². The third-order valence-corrected chi connectivity index (χ3v) is 3.28. The molecule has 0 unspecified atom stereocenters. The Morgan fingerprint density at radius 3 is 2.42 bits per heavy atom. The number of nitrogens with one attached hydrogen (secondary N) is 2. The van der Waals surface area contributed by atoms with Crippen LogP contribution in [-0.2, 0) is 4.79 Å². The van der Waals surface area contributed by atoms with Gasteiger partial charge in [0.2, 0.25) is 0 Å². The van der Waals surface area contributed by atoms with Crippen molar-refractivity contribution < 1.29 is 9.59 Å². The molecule has 0 aliphatic heterocycles. The van der Waals surface area contributed by atoms with E-state index in [9.17, 15) is 9.59 Å². The van der Waals surface area contributed by atoms with Crippen LogP contribution in [0.15, 0.2) is 60.3 Å². The van der Waals surface area contributed by atoms with E-state index in [0.29, 0.717) is 16.9 Å². The number of anilines is 2. The Morgan fingerprint density at radius 1 is 1.12 bits per heavy atom. The minimum atomic E-state index is -0.593. The maximum absolute atomic E-state index is 12.1. The summed E-state index contributed by atoms with van der Waals surface area (Å²) in [6.45, 7) is 1.84. The Morgan fingerprint density at radius 2 is 1.79 bits per heavy atom. The van der Waals surface area contributed by atoms with Gasteiger partial charge in [0.15, 0.2) is 0 Å². The van der Waals surface area contributed by atoms with Crippen molar-refractivity contribution in [3.8, 4) is 6.07 Å². The Balaban J connectivity index is 2.07. The third kappa shape index (κ3) is 4.21. The van der Waals surface area contributed by atoms with Crippen molar-refractivity contribution in [2.75, 3.05) is 11.1 Å². The van der Waals surface area contributed by atoms with Crippen LogP contribution >= 0.6 is 0 Å². The molecule has 0 saturated carbocycles. The first-order valence-corrected chi connectivity index (χ1v) is 7.15. The maximum atomic E-state index is 12.1. The maximum Gasteiger partial charge on any atom is 0.267 e. The van der Waals surface area contributed by atoms with Crippen LogP contribution in [0.4, 0.5) is 11.4 Å². The van der Waals surface area contributed by atoms with Crippen molar-refractivity contribution in [1.29, 1.82) is 5.26 Å². The van der Waals surface area contributed by atoms with E-state index in [4.69, 9.17) is 11.0 Å². The first-order chi connectivity index (χ1) is 11.5. The summed E-state index contributed by atoms with van der Waals surface area (Å²) < 4.78 is 0. The Kier molecular flexibility index (Phi) is 5.32. The third-order valence-electron chi connectivity index (χ3n) is 3.28. The second kappa shape index (κ2) is 7.61. The van der Waals surface area contributed by atoms with Crippen LogP contribution in [0.3, 0.4) is 0 Å². The van der Waals surface area contributed by atoms with Gasteiger partial charge in [0.25, 0.3) is 11.8 Å². The number of hydrogen-bond acceptors (Lipinski definition) is 4. The highest BCUT2D eigenvalue weighted by molar-refractivity contribution is 6.07. The quantitative estimate of drug-likeness (QED) is 0.456. The molecule has 4 N–H and O–H groups in total. The average Bonchev–Trinajstić information content (AvgIpc) is 2.58. The molecule has 6 nitrogen and oxygen atoms in total. The summed E-state index contributed by atoms with van der Waals surface area (Å²) >= 11 is 0. The van der Waals surface area contributed by atoms with Crippen LogP contribution in [0.2, 0.25) is 0 Å². The summed E-state index contributed by atoms with van der Waals surface area (Å²) in [4.78, 5) is 24.1. The number of nitriles is 1. The second-order valence-corrected chi connectivity index (χ2v) is 5.03. The molecule has 24 heavy (non-hydrogen) atoms. The van der Waals surface area contributed by atoms with E-state index >= 15 is 0 Å². The van der Waals surface area contributed by atoms with Crippen molar-refractivity contribution >= 4 is 23.2 Å². The Hall–Kier alpha value is -3.59. The molecule has 6 heteroatoms. The summed E-state index contributed by atoms with van der Waals surface area (Å²) in [7, 11) is 0. The highest BCUT2D eigenvalue weighted by atomic mass is 16.2. The summed E-state index contributed by atoms with van der Waals surface area (Å²) in [5, 5.41) is 14.2. The van der Waals surface area contributed by atoms with E-state index in [1.807, 2.05) is 19.1 Å². The molecule has 2 aromatic carbocycles. The molecule has 0 bridgehead atoms. The Labute approximate surface area is 139 Å². The molecule has 0 fully saturated rings. The lowest BCUT2D eigenvalue weighted by Crippen LogP contribution is -2.21. The molecule has 120 valence electrons. The van der Waals surface area contributed by atoms with Crippen LogP contribution in [0.5, 0.6) is 0 Å². The normalized spacial score (nSPS) is 10.6. The number of hydrogen-bond donors (Lipinski definition) is 3. The number of carbonyl (C=O) groups is 2. The predicted molar refractivity (Wildman–Crippen MR) is 91.8 cm³/mol. The van der Waals surface area contributed by atoms with Crippen molar-refractivity contribution in [1.82, 2.24) is 5.32 Å². The first-order valence-electron chi connectivity index (χ1n) is 7.15. The molecule has 0 atom stereocenters. The standard InChI is InChI=1S/C18H16N4O2/c1-12-4-2-3-5-16(12)22-18(24)14(10-19)11-21-17(23)13-6-8-15(20)9-7-13/h2-9,11H,20H2,1H3,(H,21,23)(H,22,24)/b14-11-. The number of carbonyl (C=O) groups excluding carboxylic acids is 2. The van der Waals surface area contributed by atoms with Crippen LogP contribution < -0.4 is 16.4 Å². The lowest BCUT2D eigenvalue weighted by molar-refractivity contribution is -0.112. The van der Waals surface area contributed by atoms with Crippen molar-refractivity contribution in [2.24, 2.45) is 0 Å². The van der Waals surface area contributed by atoms with Gasteiger partial charge in [-0.2, -0.15) is 5.26 Å².